The van der Waals surface area contributed by atoms with Crippen molar-refractivity contribution in [3.63, 3.8) is 0 Å². The molecule has 7 heteroatoms. The van der Waals surface area contributed by atoms with Crippen LogP contribution >= 0.6 is 28.1 Å². The summed E-state index contributed by atoms with van der Waals surface area (Å²) in [6, 6.07) is 14.9. The fraction of sp³-hybridized carbons (Fsp3) is 0.200. The predicted octanol–water partition coefficient (Wildman–Crippen LogP) is 4.28. The van der Waals surface area contributed by atoms with Gasteiger partial charge in [-0.1, -0.05) is 40.2 Å². The molecule has 1 heterocycles. The molecule has 0 radical (unpaired) electrons. The average molecular weight is 446 g/mol. The van der Waals surface area contributed by atoms with Gasteiger partial charge in [-0.3, -0.25) is 4.79 Å². The van der Waals surface area contributed by atoms with Crippen LogP contribution in [0.25, 0.3) is 0 Å². The summed E-state index contributed by atoms with van der Waals surface area (Å²) in [5.41, 5.74) is 2.88. The van der Waals surface area contributed by atoms with Crippen molar-refractivity contribution in [2.45, 2.75) is 19.9 Å². The Morgan fingerprint density at radius 2 is 1.93 bits per heavy atom. The summed E-state index contributed by atoms with van der Waals surface area (Å²) in [6.07, 6.45) is 0. The summed E-state index contributed by atoms with van der Waals surface area (Å²) < 4.78 is 6.58. The average Bonchev–Trinajstić information content (AvgIpc) is 2.63. The molecule has 0 fully saturated rings. The van der Waals surface area contributed by atoms with Crippen LogP contribution in [0.3, 0.4) is 0 Å². The van der Waals surface area contributed by atoms with Gasteiger partial charge in [0.05, 0.1) is 23.9 Å². The largest absolute Gasteiger partial charge is 0.492 e. The van der Waals surface area contributed by atoms with Crippen molar-refractivity contribution < 1.29 is 9.53 Å². The van der Waals surface area contributed by atoms with Gasteiger partial charge in [-0.05, 0) is 55.9 Å². The van der Waals surface area contributed by atoms with Gasteiger partial charge in [-0.15, -0.1) is 0 Å². The smallest absolute Gasteiger partial charge is 0.255 e. The first-order valence-corrected chi connectivity index (χ1v) is 9.76. The van der Waals surface area contributed by atoms with Crippen LogP contribution in [0, 0.1) is 0 Å². The molecule has 3 N–H and O–H groups in total. The van der Waals surface area contributed by atoms with Crippen molar-refractivity contribution in [1.29, 1.82) is 0 Å². The Hall–Kier alpha value is -2.38. The van der Waals surface area contributed by atoms with Crippen LogP contribution in [-0.4, -0.2) is 17.6 Å². The summed E-state index contributed by atoms with van der Waals surface area (Å²) >= 11 is 8.73. The molecule has 0 aromatic heterocycles. The summed E-state index contributed by atoms with van der Waals surface area (Å²) in [4.78, 5) is 13.1. The molecule has 27 heavy (non-hydrogen) atoms. The number of allylic oxidation sites excluding steroid dienone is 1. The lowest BCUT2D eigenvalue weighted by atomic mass is 9.95. The van der Waals surface area contributed by atoms with Crippen LogP contribution in [0.1, 0.15) is 25.5 Å². The van der Waals surface area contributed by atoms with E-state index in [0.717, 1.165) is 15.7 Å². The second-order valence-electron chi connectivity index (χ2n) is 6.00. The third-order valence-electron chi connectivity index (χ3n) is 4.15. The summed E-state index contributed by atoms with van der Waals surface area (Å²) in [7, 11) is 0. The number of hydrogen-bond acceptors (Lipinski definition) is 3. The number of rotatable bonds is 5. The lowest BCUT2D eigenvalue weighted by Gasteiger charge is -2.30. The Labute approximate surface area is 172 Å². The van der Waals surface area contributed by atoms with Crippen LogP contribution in [0.2, 0.25) is 0 Å². The molecule has 5 nitrogen and oxygen atoms in total. The molecule has 2 aromatic carbocycles. The number of amides is 1. The molecule has 0 saturated carbocycles. The number of carbonyl (C=O) groups is 1. The van der Waals surface area contributed by atoms with Crippen molar-refractivity contribution in [3.05, 3.63) is 69.8 Å². The fourth-order valence-corrected chi connectivity index (χ4v) is 3.48. The molecule has 0 spiro atoms. The highest BCUT2D eigenvalue weighted by Gasteiger charge is 2.30. The maximum atomic E-state index is 13.1. The maximum absolute atomic E-state index is 13.1. The molecular formula is C20H20BrN3O2S. The minimum absolute atomic E-state index is 0.213. The normalized spacial score (nSPS) is 16.4. The SMILES string of the molecule is CCOc1ccccc1NC(=O)C1=C(C)NC(=S)N[C@@H]1c1ccc(Br)cc1. The molecule has 140 valence electrons. The van der Waals surface area contributed by atoms with Crippen molar-refractivity contribution in [2.75, 3.05) is 11.9 Å². The molecule has 0 bridgehead atoms. The fourth-order valence-electron chi connectivity index (χ4n) is 2.94. The number of carbonyl (C=O) groups excluding carboxylic acids is 1. The molecule has 2 aromatic rings. The molecule has 0 unspecified atom stereocenters. The van der Waals surface area contributed by atoms with Crippen molar-refractivity contribution in [2.24, 2.45) is 0 Å². The van der Waals surface area contributed by atoms with E-state index in [4.69, 9.17) is 17.0 Å². The maximum Gasteiger partial charge on any atom is 0.255 e. The van der Waals surface area contributed by atoms with Gasteiger partial charge in [0.2, 0.25) is 0 Å². The minimum atomic E-state index is -0.342. The van der Waals surface area contributed by atoms with Gasteiger partial charge in [0.15, 0.2) is 5.11 Å². The van der Waals surface area contributed by atoms with E-state index in [1.165, 1.54) is 0 Å². The number of anilines is 1. The summed E-state index contributed by atoms with van der Waals surface area (Å²) in [5.74, 6) is 0.425. The number of hydrogen-bond donors (Lipinski definition) is 3. The molecule has 3 rings (SSSR count). The van der Waals surface area contributed by atoms with Crippen LogP contribution in [0.15, 0.2) is 64.3 Å². The van der Waals surface area contributed by atoms with E-state index in [0.29, 0.717) is 28.7 Å². The number of nitrogens with one attached hydrogen (secondary N) is 3. The highest BCUT2D eigenvalue weighted by molar-refractivity contribution is 9.10. The van der Waals surface area contributed by atoms with E-state index >= 15 is 0 Å². The zero-order chi connectivity index (χ0) is 19.4. The van der Waals surface area contributed by atoms with Crippen molar-refractivity contribution in [1.82, 2.24) is 10.6 Å². The van der Waals surface area contributed by atoms with E-state index in [-0.39, 0.29) is 11.9 Å². The van der Waals surface area contributed by atoms with Gasteiger partial charge >= 0.3 is 0 Å². The predicted molar refractivity (Wildman–Crippen MR) is 115 cm³/mol. The third-order valence-corrected chi connectivity index (χ3v) is 4.90. The Morgan fingerprint density at radius 1 is 1.22 bits per heavy atom. The standard InChI is InChI=1S/C20H20BrN3O2S/c1-3-26-16-7-5-4-6-15(16)23-19(25)17-12(2)22-20(27)24-18(17)13-8-10-14(21)11-9-13/h4-11,18H,3H2,1-2H3,(H,23,25)(H2,22,24,27)/t18-/m1/s1. The van der Waals surface area contributed by atoms with Gasteiger partial charge in [0.1, 0.15) is 5.75 Å². The molecule has 1 aliphatic rings. The first kappa shape index (κ1) is 19.4. The summed E-state index contributed by atoms with van der Waals surface area (Å²) in [5, 5.41) is 9.70. The Bertz CT molecular complexity index is 896. The van der Waals surface area contributed by atoms with E-state index in [1.807, 2.05) is 62.4 Å². The lowest BCUT2D eigenvalue weighted by molar-refractivity contribution is -0.113. The number of ether oxygens (including phenoxy) is 1. The Balaban J connectivity index is 1.93. The van der Waals surface area contributed by atoms with E-state index < -0.39 is 0 Å². The van der Waals surface area contributed by atoms with Crippen LogP contribution in [-0.2, 0) is 4.79 Å². The summed E-state index contributed by atoms with van der Waals surface area (Å²) in [6.45, 7) is 4.28. The van der Waals surface area contributed by atoms with Crippen LogP contribution in [0.5, 0.6) is 5.75 Å². The van der Waals surface area contributed by atoms with Crippen molar-refractivity contribution in [3.8, 4) is 5.75 Å². The first-order valence-electron chi connectivity index (χ1n) is 8.56. The second-order valence-corrected chi connectivity index (χ2v) is 7.33. The van der Waals surface area contributed by atoms with E-state index in [9.17, 15) is 4.79 Å². The monoisotopic (exact) mass is 445 g/mol. The van der Waals surface area contributed by atoms with Gasteiger partial charge in [0.25, 0.3) is 5.91 Å². The van der Waals surface area contributed by atoms with Gasteiger partial charge in [-0.2, -0.15) is 0 Å². The van der Waals surface area contributed by atoms with Crippen LogP contribution < -0.4 is 20.7 Å². The minimum Gasteiger partial charge on any atom is -0.492 e. The lowest BCUT2D eigenvalue weighted by Crippen LogP contribution is -2.45. The first-order chi connectivity index (χ1) is 13.0. The molecule has 0 saturated heterocycles. The van der Waals surface area contributed by atoms with Gasteiger partial charge in [0, 0.05) is 10.2 Å². The zero-order valence-corrected chi connectivity index (χ0v) is 17.4. The highest BCUT2D eigenvalue weighted by atomic mass is 79.9. The quantitative estimate of drug-likeness (QED) is 0.599. The molecule has 0 aliphatic carbocycles. The number of thiocarbonyl (C=S) groups is 1. The second kappa shape index (κ2) is 8.54. The van der Waals surface area contributed by atoms with Gasteiger partial charge in [-0.25, -0.2) is 0 Å². The number of halogens is 1. The van der Waals surface area contributed by atoms with Crippen molar-refractivity contribution >= 4 is 44.9 Å². The molecule has 1 amide bonds. The molecule has 1 aliphatic heterocycles. The highest BCUT2D eigenvalue weighted by Crippen LogP contribution is 2.30. The third kappa shape index (κ3) is 4.48. The topological polar surface area (TPSA) is 62.4 Å². The molecule has 1 atom stereocenters. The number of benzene rings is 2. The van der Waals surface area contributed by atoms with E-state index in [2.05, 4.69) is 31.9 Å². The zero-order valence-electron chi connectivity index (χ0n) is 15.0. The Kier molecular flexibility index (Phi) is 6.13. The van der Waals surface area contributed by atoms with E-state index in [1.54, 1.807) is 0 Å². The Morgan fingerprint density at radius 3 is 2.63 bits per heavy atom. The number of para-hydroxylation sites is 2. The van der Waals surface area contributed by atoms with Crippen LogP contribution in [0.4, 0.5) is 5.69 Å². The molecular weight excluding hydrogens is 426 g/mol. The van der Waals surface area contributed by atoms with Gasteiger partial charge < -0.3 is 20.7 Å².